The molecule has 0 aliphatic carbocycles. The lowest BCUT2D eigenvalue weighted by atomic mass is 10.1. The minimum Gasteiger partial charge on any atom is -0.493 e. The van der Waals surface area contributed by atoms with Crippen molar-refractivity contribution >= 4 is 49.1 Å². The van der Waals surface area contributed by atoms with Crippen molar-refractivity contribution < 1.29 is 9.53 Å². The van der Waals surface area contributed by atoms with Gasteiger partial charge in [-0.15, -0.1) is 11.3 Å². The van der Waals surface area contributed by atoms with Gasteiger partial charge in [-0.1, -0.05) is 15.9 Å². The number of hydrogen-bond acceptors (Lipinski definition) is 3. The van der Waals surface area contributed by atoms with Gasteiger partial charge in [-0.2, -0.15) is 0 Å². The fraction of sp³-hybridized carbons (Fsp3) is 0.214. The van der Waals surface area contributed by atoms with E-state index < -0.39 is 0 Å². The van der Waals surface area contributed by atoms with Gasteiger partial charge >= 0.3 is 0 Å². The molecule has 1 N–H and O–H groups in total. The second-order valence-electron chi connectivity index (χ2n) is 4.43. The van der Waals surface area contributed by atoms with E-state index in [1.54, 1.807) is 0 Å². The zero-order chi connectivity index (χ0) is 14.1. The molecule has 104 valence electrons. The van der Waals surface area contributed by atoms with Crippen molar-refractivity contribution in [1.29, 1.82) is 0 Å². The summed E-state index contributed by atoms with van der Waals surface area (Å²) in [5.74, 6) is 0.845. The first-order valence-corrected chi connectivity index (χ1v) is 8.57. The van der Waals surface area contributed by atoms with Gasteiger partial charge in [0.25, 0.3) is 5.91 Å². The molecule has 3 nitrogen and oxygen atoms in total. The maximum Gasteiger partial charge on any atom is 0.262 e. The molecule has 1 aromatic heterocycles. The van der Waals surface area contributed by atoms with Crippen molar-refractivity contribution in [3.8, 4) is 5.75 Å². The summed E-state index contributed by atoms with van der Waals surface area (Å²) in [7, 11) is 0. The fourth-order valence-electron chi connectivity index (χ4n) is 2.19. The molecule has 1 aliphatic rings. The third-order valence-electron chi connectivity index (χ3n) is 3.09. The van der Waals surface area contributed by atoms with Gasteiger partial charge < -0.3 is 10.1 Å². The lowest BCUT2D eigenvalue weighted by molar-refractivity contribution is 0.0954. The lowest BCUT2D eigenvalue weighted by Crippen LogP contribution is -2.22. The second-order valence-corrected chi connectivity index (χ2v) is 7.12. The van der Waals surface area contributed by atoms with Gasteiger partial charge in [-0.05, 0) is 45.1 Å². The largest absolute Gasteiger partial charge is 0.493 e. The van der Waals surface area contributed by atoms with Crippen LogP contribution in [0.15, 0.2) is 32.5 Å². The number of fused-ring (bicyclic) bond motifs is 1. The van der Waals surface area contributed by atoms with Gasteiger partial charge in [0.15, 0.2) is 0 Å². The van der Waals surface area contributed by atoms with E-state index in [0.717, 1.165) is 26.7 Å². The highest BCUT2D eigenvalue weighted by Crippen LogP contribution is 2.33. The van der Waals surface area contributed by atoms with Gasteiger partial charge in [-0.25, -0.2) is 0 Å². The fourth-order valence-corrected chi connectivity index (χ4v) is 4.21. The first kappa shape index (κ1) is 14.1. The van der Waals surface area contributed by atoms with Crippen molar-refractivity contribution in [1.82, 2.24) is 5.32 Å². The Hall–Kier alpha value is -0.850. The van der Waals surface area contributed by atoms with Crippen LogP contribution in [0.5, 0.6) is 5.75 Å². The van der Waals surface area contributed by atoms with Crippen molar-refractivity contribution in [2.75, 3.05) is 6.61 Å². The highest BCUT2D eigenvalue weighted by atomic mass is 79.9. The van der Waals surface area contributed by atoms with Gasteiger partial charge in [0.05, 0.1) is 6.61 Å². The standard InChI is InChI=1S/C14H11Br2NO2S/c15-10-5-8-1-3-19-12(8)9(6-10)7-17-14(18)13-11(16)2-4-20-13/h2,4-6H,1,3,7H2,(H,17,18). The number of rotatable bonds is 3. The first-order chi connectivity index (χ1) is 9.65. The molecule has 3 rings (SSSR count). The summed E-state index contributed by atoms with van der Waals surface area (Å²) in [5, 5.41) is 4.83. The summed E-state index contributed by atoms with van der Waals surface area (Å²) in [6.07, 6.45) is 0.923. The first-order valence-electron chi connectivity index (χ1n) is 6.10. The highest BCUT2D eigenvalue weighted by Gasteiger charge is 2.18. The quantitative estimate of drug-likeness (QED) is 0.816. The van der Waals surface area contributed by atoms with Crippen molar-refractivity contribution in [3.63, 3.8) is 0 Å². The lowest BCUT2D eigenvalue weighted by Gasteiger charge is -2.10. The Labute approximate surface area is 137 Å². The number of amides is 1. The Morgan fingerprint density at radius 2 is 2.25 bits per heavy atom. The maximum atomic E-state index is 12.1. The van der Waals surface area contributed by atoms with Gasteiger partial charge in [-0.3, -0.25) is 4.79 Å². The average Bonchev–Trinajstić information content (AvgIpc) is 3.03. The summed E-state index contributed by atoms with van der Waals surface area (Å²) in [6, 6.07) is 5.94. The summed E-state index contributed by atoms with van der Waals surface area (Å²) in [6.45, 7) is 1.17. The third-order valence-corrected chi connectivity index (χ3v) is 5.38. The van der Waals surface area contributed by atoms with Crippen LogP contribution in [-0.4, -0.2) is 12.5 Å². The number of hydrogen-bond donors (Lipinski definition) is 1. The maximum absolute atomic E-state index is 12.1. The van der Waals surface area contributed by atoms with E-state index in [2.05, 4.69) is 43.2 Å². The van der Waals surface area contributed by atoms with E-state index in [0.29, 0.717) is 18.0 Å². The SMILES string of the molecule is O=C(NCc1cc(Br)cc2c1OCC2)c1sccc1Br. The Balaban J connectivity index is 1.76. The molecule has 0 spiro atoms. The molecule has 0 atom stereocenters. The summed E-state index contributed by atoms with van der Waals surface area (Å²) >= 11 is 8.29. The minimum atomic E-state index is -0.0707. The van der Waals surface area contributed by atoms with Crippen LogP contribution in [0.4, 0.5) is 0 Å². The Morgan fingerprint density at radius 1 is 1.40 bits per heavy atom. The van der Waals surface area contributed by atoms with Crippen LogP contribution in [0.3, 0.4) is 0 Å². The van der Waals surface area contributed by atoms with Crippen LogP contribution >= 0.6 is 43.2 Å². The van der Waals surface area contributed by atoms with Crippen LogP contribution < -0.4 is 10.1 Å². The molecule has 1 aliphatic heterocycles. The Kier molecular flexibility index (Phi) is 4.14. The monoisotopic (exact) mass is 415 g/mol. The van der Waals surface area contributed by atoms with Crippen LogP contribution in [0.2, 0.25) is 0 Å². The summed E-state index contributed by atoms with van der Waals surface area (Å²) in [4.78, 5) is 12.8. The number of benzene rings is 1. The van der Waals surface area contributed by atoms with Crippen molar-refractivity contribution in [3.05, 3.63) is 48.5 Å². The highest BCUT2D eigenvalue weighted by molar-refractivity contribution is 9.10. The molecule has 1 amide bonds. The zero-order valence-corrected chi connectivity index (χ0v) is 14.4. The van der Waals surface area contributed by atoms with Crippen LogP contribution in [0.1, 0.15) is 20.8 Å². The van der Waals surface area contributed by atoms with Gasteiger partial charge in [0, 0.05) is 27.5 Å². The van der Waals surface area contributed by atoms with Crippen molar-refractivity contribution in [2.45, 2.75) is 13.0 Å². The van der Waals surface area contributed by atoms with E-state index in [1.165, 1.54) is 16.9 Å². The summed E-state index contributed by atoms with van der Waals surface area (Å²) < 4.78 is 7.50. The number of thiophene rings is 1. The molecule has 0 radical (unpaired) electrons. The summed E-state index contributed by atoms with van der Waals surface area (Å²) in [5.41, 5.74) is 2.20. The average molecular weight is 417 g/mol. The molecule has 0 unspecified atom stereocenters. The van der Waals surface area contributed by atoms with E-state index in [4.69, 9.17) is 4.74 Å². The molecule has 0 saturated heterocycles. The van der Waals surface area contributed by atoms with Crippen molar-refractivity contribution in [2.24, 2.45) is 0 Å². The molecular formula is C14H11Br2NO2S. The van der Waals surface area contributed by atoms with Gasteiger partial charge in [0.1, 0.15) is 10.6 Å². The predicted molar refractivity (Wildman–Crippen MR) is 86.5 cm³/mol. The molecule has 20 heavy (non-hydrogen) atoms. The normalized spacial score (nSPS) is 12.9. The topological polar surface area (TPSA) is 38.3 Å². The molecule has 0 fully saturated rings. The van der Waals surface area contributed by atoms with E-state index in [1.807, 2.05) is 17.5 Å². The smallest absolute Gasteiger partial charge is 0.262 e. The zero-order valence-electron chi connectivity index (χ0n) is 10.4. The number of carbonyl (C=O) groups is 1. The number of carbonyl (C=O) groups excluding carboxylic acids is 1. The molecule has 0 bridgehead atoms. The van der Waals surface area contributed by atoms with Crippen LogP contribution in [-0.2, 0) is 13.0 Å². The molecule has 0 saturated carbocycles. The third kappa shape index (κ3) is 2.77. The molecule has 6 heteroatoms. The number of ether oxygens (including phenoxy) is 1. The van der Waals surface area contributed by atoms with Crippen LogP contribution in [0.25, 0.3) is 0 Å². The van der Waals surface area contributed by atoms with E-state index in [9.17, 15) is 4.79 Å². The van der Waals surface area contributed by atoms with Gasteiger partial charge in [0.2, 0.25) is 0 Å². The molecule has 1 aromatic carbocycles. The number of halogens is 2. The second kappa shape index (κ2) is 5.87. The Morgan fingerprint density at radius 3 is 3.00 bits per heavy atom. The molecular weight excluding hydrogens is 406 g/mol. The van der Waals surface area contributed by atoms with E-state index >= 15 is 0 Å². The molecule has 2 aromatic rings. The van der Waals surface area contributed by atoms with Crippen LogP contribution in [0, 0.1) is 0 Å². The van der Waals surface area contributed by atoms with E-state index in [-0.39, 0.29) is 5.91 Å². The Bertz CT molecular complexity index is 669. The number of nitrogens with one attached hydrogen (secondary N) is 1. The molecule has 2 heterocycles. The minimum absolute atomic E-state index is 0.0707. The predicted octanol–water partition coefficient (Wildman–Crippen LogP) is 4.14.